The summed E-state index contributed by atoms with van der Waals surface area (Å²) in [7, 11) is -3.73. The largest absolute Gasteiger partial charge is 0.279 e. The Morgan fingerprint density at radius 3 is 2.65 bits per heavy atom. The van der Waals surface area contributed by atoms with Crippen LogP contribution in [0.15, 0.2) is 11.2 Å². The molecule has 0 unspecified atom stereocenters. The third-order valence-electron chi connectivity index (χ3n) is 2.54. The first-order chi connectivity index (χ1) is 7.84. The lowest BCUT2D eigenvalue weighted by Crippen LogP contribution is -2.16. The Bertz CT molecular complexity index is 652. The van der Waals surface area contributed by atoms with E-state index < -0.39 is 10.0 Å². The molecule has 0 bridgehead atoms. The van der Waals surface area contributed by atoms with Gasteiger partial charge in [-0.2, -0.15) is 0 Å². The van der Waals surface area contributed by atoms with E-state index in [1.54, 1.807) is 4.40 Å². The predicted molar refractivity (Wildman–Crippen MR) is 67.9 cm³/mol. The van der Waals surface area contributed by atoms with E-state index in [0.29, 0.717) is 23.0 Å². The molecular formula is C10H15N3O2S2. The summed E-state index contributed by atoms with van der Waals surface area (Å²) in [5, 5.41) is 5.37. The van der Waals surface area contributed by atoms with Crippen LogP contribution in [0, 0.1) is 0 Å². The highest BCUT2D eigenvalue weighted by molar-refractivity contribution is 7.89. The van der Waals surface area contributed by atoms with E-state index in [1.165, 1.54) is 11.3 Å². The van der Waals surface area contributed by atoms with Gasteiger partial charge in [0, 0.05) is 11.1 Å². The number of sulfonamides is 1. The van der Waals surface area contributed by atoms with Crippen LogP contribution in [0.1, 0.15) is 37.3 Å². The van der Waals surface area contributed by atoms with E-state index in [-0.39, 0.29) is 5.03 Å². The summed E-state index contributed by atoms with van der Waals surface area (Å²) in [5.41, 5.74) is 0.536. The molecule has 0 aromatic carbocycles. The number of aromatic nitrogens is 2. The maximum Gasteiger partial charge on any atom is 0.255 e. The van der Waals surface area contributed by atoms with Crippen molar-refractivity contribution in [3.05, 3.63) is 16.8 Å². The molecule has 94 valence electrons. The molecule has 2 aromatic heterocycles. The van der Waals surface area contributed by atoms with Crippen LogP contribution < -0.4 is 5.14 Å². The molecule has 0 atom stereocenters. The molecule has 17 heavy (non-hydrogen) atoms. The number of primary sulfonamides is 1. The molecule has 2 N–H and O–H groups in total. The van der Waals surface area contributed by atoms with Gasteiger partial charge in [-0.3, -0.25) is 4.40 Å². The SMILES string of the molecule is CCc1nc2sc(C(C)C)cn2c1S(N)(=O)=O. The molecule has 5 nitrogen and oxygen atoms in total. The first-order valence-electron chi connectivity index (χ1n) is 5.38. The van der Waals surface area contributed by atoms with Gasteiger partial charge in [-0.1, -0.05) is 20.8 Å². The zero-order chi connectivity index (χ0) is 12.8. The minimum atomic E-state index is -3.73. The molecule has 0 fully saturated rings. The maximum absolute atomic E-state index is 11.6. The summed E-state index contributed by atoms with van der Waals surface area (Å²) in [4.78, 5) is 6.11. The number of aryl methyl sites for hydroxylation is 1. The minimum Gasteiger partial charge on any atom is -0.279 e. The van der Waals surface area contributed by atoms with Crippen molar-refractivity contribution in [2.45, 2.75) is 38.1 Å². The van der Waals surface area contributed by atoms with Crippen molar-refractivity contribution < 1.29 is 8.42 Å². The molecule has 0 saturated carbocycles. The van der Waals surface area contributed by atoms with E-state index in [1.807, 2.05) is 13.1 Å². The number of imidazole rings is 1. The average molecular weight is 273 g/mol. The zero-order valence-electron chi connectivity index (χ0n) is 9.97. The van der Waals surface area contributed by atoms with Gasteiger partial charge in [0.25, 0.3) is 10.0 Å². The van der Waals surface area contributed by atoms with Gasteiger partial charge < -0.3 is 0 Å². The van der Waals surface area contributed by atoms with E-state index in [9.17, 15) is 8.42 Å². The van der Waals surface area contributed by atoms with Gasteiger partial charge in [-0.05, 0) is 12.3 Å². The lowest BCUT2D eigenvalue weighted by atomic mass is 10.2. The molecule has 0 saturated heterocycles. The molecule has 7 heteroatoms. The van der Waals surface area contributed by atoms with Gasteiger partial charge in [-0.15, -0.1) is 11.3 Å². The molecular weight excluding hydrogens is 258 g/mol. The minimum absolute atomic E-state index is 0.123. The number of hydrogen-bond acceptors (Lipinski definition) is 4. The standard InChI is InChI=1S/C10H15N3O2S2/c1-4-7-9(17(11,14)15)13-5-8(6(2)3)16-10(13)12-7/h5-6H,4H2,1-3H3,(H2,11,14,15). The summed E-state index contributed by atoms with van der Waals surface area (Å²) < 4.78 is 24.8. The van der Waals surface area contributed by atoms with Gasteiger partial charge >= 0.3 is 0 Å². The van der Waals surface area contributed by atoms with Crippen LogP contribution in [0.3, 0.4) is 0 Å². The van der Waals surface area contributed by atoms with Crippen LogP contribution >= 0.6 is 11.3 Å². The van der Waals surface area contributed by atoms with Gasteiger partial charge in [0.1, 0.15) is 0 Å². The van der Waals surface area contributed by atoms with Gasteiger partial charge in [0.2, 0.25) is 0 Å². The molecule has 2 aromatic rings. The molecule has 0 aliphatic carbocycles. The second-order valence-electron chi connectivity index (χ2n) is 4.20. The molecule has 0 aliphatic rings. The van der Waals surface area contributed by atoms with Gasteiger partial charge in [0.05, 0.1) is 5.69 Å². The number of thiazole rings is 1. The van der Waals surface area contributed by atoms with Crippen molar-refractivity contribution >= 4 is 26.3 Å². The molecule has 0 spiro atoms. The summed E-state index contributed by atoms with van der Waals surface area (Å²) in [6, 6.07) is 0. The molecule has 2 rings (SSSR count). The second kappa shape index (κ2) is 4.08. The van der Waals surface area contributed by atoms with Crippen LogP contribution in [0.4, 0.5) is 0 Å². The van der Waals surface area contributed by atoms with E-state index in [4.69, 9.17) is 5.14 Å². The van der Waals surface area contributed by atoms with Gasteiger partial charge in [-0.25, -0.2) is 18.5 Å². The molecule has 0 aliphatic heterocycles. The molecule has 0 radical (unpaired) electrons. The lowest BCUT2D eigenvalue weighted by Gasteiger charge is -2.00. The Balaban J connectivity index is 2.77. The van der Waals surface area contributed by atoms with E-state index >= 15 is 0 Å². The van der Waals surface area contributed by atoms with Crippen molar-refractivity contribution in [1.29, 1.82) is 0 Å². The maximum atomic E-state index is 11.6. The van der Waals surface area contributed by atoms with Crippen molar-refractivity contribution in [3.8, 4) is 0 Å². The zero-order valence-corrected chi connectivity index (χ0v) is 11.6. The van der Waals surface area contributed by atoms with Crippen molar-refractivity contribution in [3.63, 3.8) is 0 Å². The van der Waals surface area contributed by atoms with Crippen molar-refractivity contribution in [2.24, 2.45) is 5.14 Å². The van der Waals surface area contributed by atoms with Crippen LogP contribution in [-0.2, 0) is 16.4 Å². The number of nitrogens with two attached hydrogens (primary N) is 1. The number of rotatable bonds is 3. The second-order valence-corrected chi connectivity index (χ2v) is 6.72. The third kappa shape index (κ3) is 2.10. The fourth-order valence-corrected chi connectivity index (χ4v) is 3.68. The van der Waals surface area contributed by atoms with Crippen LogP contribution in [0.5, 0.6) is 0 Å². The smallest absolute Gasteiger partial charge is 0.255 e. The number of nitrogens with zero attached hydrogens (tertiary/aromatic N) is 2. The lowest BCUT2D eigenvalue weighted by molar-refractivity contribution is 0.591. The predicted octanol–water partition coefficient (Wildman–Crippen LogP) is 1.73. The fourth-order valence-electron chi connectivity index (χ4n) is 1.69. The number of hydrogen-bond donors (Lipinski definition) is 1. The Labute approximate surface area is 104 Å². The molecule has 0 amide bonds. The van der Waals surface area contributed by atoms with Crippen molar-refractivity contribution in [1.82, 2.24) is 9.38 Å². The quantitative estimate of drug-likeness (QED) is 0.925. The summed E-state index contributed by atoms with van der Waals surface area (Å²) in [5.74, 6) is 0.347. The first kappa shape index (κ1) is 12.5. The van der Waals surface area contributed by atoms with E-state index in [2.05, 4.69) is 18.8 Å². The van der Waals surface area contributed by atoms with Crippen LogP contribution in [-0.4, -0.2) is 17.8 Å². The Hall–Kier alpha value is -0.920. The number of fused-ring (bicyclic) bond motifs is 1. The Morgan fingerprint density at radius 2 is 2.18 bits per heavy atom. The highest BCUT2D eigenvalue weighted by Crippen LogP contribution is 2.28. The van der Waals surface area contributed by atoms with Crippen LogP contribution in [0.25, 0.3) is 4.96 Å². The fraction of sp³-hybridized carbons (Fsp3) is 0.500. The highest BCUT2D eigenvalue weighted by atomic mass is 32.2. The normalized spacial score (nSPS) is 12.8. The van der Waals surface area contributed by atoms with Crippen molar-refractivity contribution in [2.75, 3.05) is 0 Å². The van der Waals surface area contributed by atoms with Gasteiger partial charge in [0.15, 0.2) is 9.99 Å². The third-order valence-corrected chi connectivity index (χ3v) is 4.80. The summed E-state index contributed by atoms with van der Waals surface area (Å²) in [6.07, 6.45) is 2.37. The monoisotopic (exact) mass is 273 g/mol. The topological polar surface area (TPSA) is 77.5 Å². The average Bonchev–Trinajstić information content (AvgIpc) is 2.69. The van der Waals surface area contributed by atoms with E-state index in [0.717, 1.165) is 4.88 Å². The van der Waals surface area contributed by atoms with Crippen LogP contribution in [0.2, 0.25) is 0 Å². The summed E-state index contributed by atoms with van der Waals surface area (Å²) in [6.45, 7) is 5.98. The summed E-state index contributed by atoms with van der Waals surface area (Å²) >= 11 is 1.50. The molecule has 2 heterocycles. The first-order valence-corrected chi connectivity index (χ1v) is 7.74. The Kier molecular flexibility index (Phi) is 3.01. The Morgan fingerprint density at radius 1 is 1.53 bits per heavy atom. The highest BCUT2D eigenvalue weighted by Gasteiger charge is 2.22.